The first-order valence-electron chi connectivity index (χ1n) is 3.92. The summed E-state index contributed by atoms with van der Waals surface area (Å²) in [5.74, 6) is -0.861. The number of aliphatic carboxylic acids is 1. The lowest BCUT2D eigenvalue weighted by Crippen LogP contribution is -2.34. The summed E-state index contributed by atoms with van der Waals surface area (Å²) in [6.45, 7) is 1.63. The number of alkyl halides is 1. The molecule has 0 aliphatic heterocycles. The fraction of sp³-hybridized carbons (Fsp3) is 0.875. The van der Waals surface area contributed by atoms with Crippen LogP contribution in [0.15, 0.2) is 0 Å². The SMILES string of the molecule is CC1(C(=O)O)CCCC(F)C1. The molecule has 1 aliphatic rings. The summed E-state index contributed by atoms with van der Waals surface area (Å²) in [6, 6.07) is 0. The fourth-order valence-corrected chi connectivity index (χ4v) is 1.60. The second-order valence-corrected chi connectivity index (χ2v) is 3.56. The Morgan fingerprint density at radius 3 is 2.73 bits per heavy atom. The molecule has 0 heterocycles. The Hall–Kier alpha value is -0.600. The minimum Gasteiger partial charge on any atom is -0.481 e. The minimum atomic E-state index is -0.912. The molecule has 0 amide bonds. The second kappa shape index (κ2) is 2.80. The van der Waals surface area contributed by atoms with Crippen LogP contribution >= 0.6 is 0 Å². The zero-order valence-electron chi connectivity index (χ0n) is 6.64. The van der Waals surface area contributed by atoms with Crippen LogP contribution in [0.2, 0.25) is 0 Å². The number of carbonyl (C=O) groups is 1. The summed E-state index contributed by atoms with van der Waals surface area (Å²) in [5.41, 5.74) is -0.808. The summed E-state index contributed by atoms with van der Waals surface area (Å²) in [5, 5.41) is 8.75. The van der Waals surface area contributed by atoms with E-state index in [0.29, 0.717) is 19.3 Å². The van der Waals surface area contributed by atoms with Crippen LogP contribution in [0.4, 0.5) is 4.39 Å². The van der Waals surface area contributed by atoms with E-state index in [1.165, 1.54) is 0 Å². The number of halogens is 1. The lowest BCUT2D eigenvalue weighted by atomic mass is 9.75. The standard InChI is InChI=1S/C8H13FO2/c1-8(7(10)11)4-2-3-6(9)5-8/h6H,2-5H2,1H3,(H,10,11). The maximum absolute atomic E-state index is 12.8. The maximum Gasteiger partial charge on any atom is 0.309 e. The summed E-state index contributed by atoms with van der Waals surface area (Å²) < 4.78 is 12.8. The molecular weight excluding hydrogens is 147 g/mol. The van der Waals surface area contributed by atoms with Gasteiger partial charge in [-0.1, -0.05) is 0 Å². The van der Waals surface area contributed by atoms with Gasteiger partial charge in [0.25, 0.3) is 0 Å². The van der Waals surface area contributed by atoms with Gasteiger partial charge in [-0.3, -0.25) is 4.79 Å². The molecule has 1 N–H and O–H groups in total. The van der Waals surface area contributed by atoms with Crippen molar-refractivity contribution in [3.63, 3.8) is 0 Å². The van der Waals surface area contributed by atoms with E-state index in [9.17, 15) is 9.18 Å². The minimum absolute atomic E-state index is 0.183. The van der Waals surface area contributed by atoms with Gasteiger partial charge < -0.3 is 5.11 Å². The van der Waals surface area contributed by atoms with Gasteiger partial charge in [0.2, 0.25) is 0 Å². The van der Waals surface area contributed by atoms with Gasteiger partial charge in [0.1, 0.15) is 6.17 Å². The lowest BCUT2D eigenvalue weighted by molar-refractivity contribution is -0.151. The van der Waals surface area contributed by atoms with Crippen LogP contribution in [0.3, 0.4) is 0 Å². The van der Waals surface area contributed by atoms with E-state index >= 15 is 0 Å². The predicted octanol–water partition coefficient (Wildman–Crippen LogP) is 1.99. The molecule has 11 heavy (non-hydrogen) atoms. The van der Waals surface area contributed by atoms with E-state index in [1.54, 1.807) is 6.92 Å². The average Bonchev–Trinajstić information content (AvgIpc) is 1.86. The highest BCUT2D eigenvalue weighted by molar-refractivity contribution is 5.74. The van der Waals surface area contributed by atoms with Gasteiger partial charge in [-0.05, 0) is 32.6 Å². The van der Waals surface area contributed by atoms with Gasteiger partial charge in [-0.15, -0.1) is 0 Å². The normalized spacial score (nSPS) is 38.5. The smallest absolute Gasteiger partial charge is 0.309 e. The number of rotatable bonds is 1. The van der Waals surface area contributed by atoms with Crippen molar-refractivity contribution in [1.82, 2.24) is 0 Å². The van der Waals surface area contributed by atoms with E-state index in [2.05, 4.69) is 0 Å². The van der Waals surface area contributed by atoms with E-state index in [1.807, 2.05) is 0 Å². The Bertz CT molecular complexity index is 169. The van der Waals surface area contributed by atoms with Gasteiger partial charge in [0.05, 0.1) is 5.41 Å². The summed E-state index contributed by atoms with van der Waals surface area (Å²) in [4.78, 5) is 10.7. The molecule has 1 aliphatic carbocycles. The van der Waals surface area contributed by atoms with Crippen molar-refractivity contribution in [2.75, 3.05) is 0 Å². The van der Waals surface area contributed by atoms with Crippen molar-refractivity contribution in [1.29, 1.82) is 0 Å². The summed E-state index contributed by atoms with van der Waals surface area (Å²) in [6.07, 6.45) is 1.11. The maximum atomic E-state index is 12.8. The van der Waals surface area contributed by atoms with Crippen LogP contribution in [-0.4, -0.2) is 17.2 Å². The Morgan fingerprint density at radius 2 is 2.36 bits per heavy atom. The third-order valence-electron chi connectivity index (χ3n) is 2.43. The Kier molecular flexibility index (Phi) is 2.16. The van der Waals surface area contributed by atoms with E-state index < -0.39 is 17.6 Å². The number of carboxylic acids is 1. The zero-order valence-corrected chi connectivity index (χ0v) is 6.64. The van der Waals surface area contributed by atoms with E-state index in [-0.39, 0.29) is 6.42 Å². The average molecular weight is 160 g/mol. The molecular formula is C8H13FO2. The van der Waals surface area contributed by atoms with Crippen molar-refractivity contribution >= 4 is 5.97 Å². The van der Waals surface area contributed by atoms with Crippen molar-refractivity contribution in [3.05, 3.63) is 0 Å². The number of carboxylic acid groups (broad SMARTS) is 1. The van der Waals surface area contributed by atoms with Crippen LogP contribution in [0.5, 0.6) is 0 Å². The van der Waals surface area contributed by atoms with E-state index in [4.69, 9.17) is 5.11 Å². The number of hydrogen-bond acceptors (Lipinski definition) is 1. The van der Waals surface area contributed by atoms with Gasteiger partial charge in [-0.25, -0.2) is 4.39 Å². The molecule has 2 nitrogen and oxygen atoms in total. The Balaban J connectivity index is 2.63. The molecule has 0 radical (unpaired) electrons. The van der Waals surface area contributed by atoms with Gasteiger partial charge >= 0.3 is 5.97 Å². The highest BCUT2D eigenvalue weighted by Crippen LogP contribution is 2.37. The third-order valence-corrected chi connectivity index (χ3v) is 2.43. The van der Waals surface area contributed by atoms with Crippen molar-refractivity contribution in [3.8, 4) is 0 Å². The topological polar surface area (TPSA) is 37.3 Å². The van der Waals surface area contributed by atoms with E-state index in [0.717, 1.165) is 0 Å². The van der Waals surface area contributed by atoms with Crippen LogP contribution in [0.25, 0.3) is 0 Å². The first kappa shape index (κ1) is 8.50. The molecule has 1 rings (SSSR count). The molecule has 1 fully saturated rings. The molecule has 0 aromatic rings. The summed E-state index contributed by atoms with van der Waals surface area (Å²) >= 11 is 0. The summed E-state index contributed by atoms with van der Waals surface area (Å²) in [7, 11) is 0. The highest BCUT2D eigenvalue weighted by atomic mass is 19.1. The molecule has 0 saturated heterocycles. The van der Waals surface area contributed by atoms with Gasteiger partial charge in [-0.2, -0.15) is 0 Å². The predicted molar refractivity (Wildman–Crippen MR) is 39.1 cm³/mol. The molecule has 0 spiro atoms. The lowest BCUT2D eigenvalue weighted by Gasteiger charge is -2.30. The van der Waals surface area contributed by atoms with Gasteiger partial charge in [0, 0.05) is 0 Å². The molecule has 2 unspecified atom stereocenters. The van der Waals surface area contributed by atoms with Crippen LogP contribution in [0, 0.1) is 5.41 Å². The molecule has 1 saturated carbocycles. The van der Waals surface area contributed by atoms with Crippen LogP contribution in [0.1, 0.15) is 32.6 Å². The van der Waals surface area contributed by atoms with Crippen molar-refractivity contribution < 1.29 is 14.3 Å². The van der Waals surface area contributed by atoms with Gasteiger partial charge in [0.15, 0.2) is 0 Å². The third kappa shape index (κ3) is 1.70. The first-order chi connectivity index (χ1) is 5.04. The molecule has 3 heteroatoms. The highest BCUT2D eigenvalue weighted by Gasteiger charge is 2.38. The van der Waals surface area contributed by atoms with Crippen molar-refractivity contribution in [2.45, 2.75) is 38.8 Å². The Labute approximate surface area is 65.4 Å². The Morgan fingerprint density at radius 1 is 1.73 bits per heavy atom. The molecule has 64 valence electrons. The van der Waals surface area contributed by atoms with Crippen LogP contribution in [-0.2, 0) is 4.79 Å². The fourth-order valence-electron chi connectivity index (χ4n) is 1.60. The van der Waals surface area contributed by atoms with Crippen LogP contribution < -0.4 is 0 Å². The molecule has 0 aromatic carbocycles. The molecule has 0 bridgehead atoms. The second-order valence-electron chi connectivity index (χ2n) is 3.56. The molecule has 2 atom stereocenters. The zero-order chi connectivity index (χ0) is 8.48. The first-order valence-corrected chi connectivity index (χ1v) is 3.92. The number of hydrogen-bond donors (Lipinski definition) is 1. The van der Waals surface area contributed by atoms with Crippen molar-refractivity contribution in [2.24, 2.45) is 5.41 Å². The largest absolute Gasteiger partial charge is 0.481 e. The quantitative estimate of drug-likeness (QED) is 0.636. The molecule has 0 aromatic heterocycles. The monoisotopic (exact) mass is 160 g/mol.